The van der Waals surface area contributed by atoms with Crippen LogP contribution in [0, 0.1) is 5.92 Å². The summed E-state index contributed by atoms with van der Waals surface area (Å²) in [6, 6.07) is 0.519. The summed E-state index contributed by atoms with van der Waals surface area (Å²) in [6.45, 7) is 6.62. The molecule has 0 aliphatic heterocycles. The number of hydrogen-bond acceptors (Lipinski definition) is 3. The predicted octanol–water partition coefficient (Wildman–Crippen LogP) is 2.88. The summed E-state index contributed by atoms with van der Waals surface area (Å²) in [5.41, 5.74) is 0. The van der Waals surface area contributed by atoms with Crippen molar-refractivity contribution in [3.05, 3.63) is 0 Å². The maximum absolute atomic E-state index is 12.3. The van der Waals surface area contributed by atoms with Crippen molar-refractivity contribution in [3.8, 4) is 0 Å². The molecule has 0 unspecified atom stereocenters. The molecular formula is C15H29NO2. The molecule has 1 aliphatic rings. The van der Waals surface area contributed by atoms with Crippen LogP contribution >= 0.6 is 0 Å². The Labute approximate surface area is 112 Å². The molecule has 18 heavy (non-hydrogen) atoms. The van der Waals surface area contributed by atoms with E-state index in [0.29, 0.717) is 30.9 Å². The Morgan fingerprint density at radius 1 is 1.28 bits per heavy atom. The number of hydrogen-bond donors (Lipinski definition) is 0. The minimum Gasteiger partial charge on any atom is -0.383 e. The normalized spacial score (nSPS) is 16.9. The SMILES string of the molecule is CCC(CC)N(CCOC)CC(=O)C1CCCC1. The van der Waals surface area contributed by atoms with Crippen molar-refractivity contribution >= 4 is 5.78 Å². The first-order valence-electron chi connectivity index (χ1n) is 7.48. The van der Waals surface area contributed by atoms with Gasteiger partial charge in [-0.3, -0.25) is 9.69 Å². The number of ketones is 1. The summed E-state index contributed by atoms with van der Waals surface area (Å²) in [7, 11) is 1.73. The summed E-state index contributed by atoms with van der Waals surface area (Å²) in [6.07, 6.45) is 6.91. The highest BCUT2D eigenvalue weighted by molar-refractivity contribution is 5.83. The molecular weight excluding hydrogens is 226 g/mol. The molecule has 0 bridgehead atoms. The molecule has 0 spiro atoms. The molecule has 0 aromatic heterocycles. The van der Waals surface area contributed by atoms with Crippen molar-refractivity contribution in [2.75, 3.05) is 26.8 Å². The van der Waals surface area contributed by atoms with Gasteiger partial charge in [-0.1, -0.05) is 26.7 Å². The molecule has 0 N–H and O–H groups in total. The third-order valence-electron chi connectivity index (χ3n) is 4.21. The molecule has 0 atom stereocenters. The molecule has 0 amide bonds. The number of methoxy groups -OCH3 is 1. The fourth-order valence-electron chi connectivity index (χ4n) is 2.98. The minimum absolute atomic E-state index is 0.337. The molecule has 1 aliphatic carbocycles. The van der Waals surface area contributed by atoms with Crippen molar-refractivity contribution in [2.45, 2.75) is 58.4 Å². The van der Waals surface area contributed by atoms with E-state index >= 15 is 0 Å². The number of ether oxygens (including phenoxy) is 1. The van der Waals surface area contributed by atoms with Crippen molar-refractivity contribution in [2.24, 2.45) is 5.92 Å². The number of carbonyl (C=O) groups is 1. The fourth-order valence-corrected chi connectivity index (χ4v) is 2.98. The van der Waals surface area contributed by atoms with Gasteiger partial charge in [0.25, 0.3) is 0 Å². The van der Waals surface area contributed by atoms with Crippen LogP contribution in [0.15, 0.2) is 0 Å². The Bertz CT molecular complexity index is 233. The van der Waals surface area contributed by atoms with E-state index in [0.717, 1.165) is 32.2 Å². The maximum atomic E-state index is 12.3. The van der Waals surface area contributed by atoms with Crippen LogP contribution in [0.2, 0.25) is 0 Å². The number of rotatable bonds is 9. The number of nitrogens with zero attached hydrogens (tertiary/aromatic N) is 1. The molecule has 3 heteroatoms. The van der Waals surface area contributed by atoms with Gasteiger partial charge in [-0.15, -0.1) is 0 Å². The van der Waals surface area contributed by atoms with Crippen LogP contribution in [0.5, 0.6) is 0 Å². The van der Waals surface area contributed by atoms with Gasteiger partial charge in [0.2, 0.25) is 0 Å². The average molecular weight is 255 g/mol. The Morgan fingerprint density at radius 3 is 2.39 bits per heavy atom. The van der Waals surface area contributed by atoms with Crippen molar-refractivity contribution in [3.63, 3.8) is 0 Å². The molecule has 106 valence electrons. The van der Waals surface area contributed by atoms with Gasteiger partial charge in [0.05, 0.1) is 13.2 Å². The van der Waals surface area contributed by atoms with Gasteiger partial charge < -0.3 is 4.74 Å². The van der Waals surface area contributed by atoms with Crippen molar-refractivity contribution in [1.29, 1.82) is 0 Å². The van der Waals surface area contributed by atoms with Gasteiger partial charge in [0.1, 0.15) is 5.78 Å². The van der Waals surface area contributed by atoms with Crippen LogP contribution in [0.4, 0.5) is 0 Å². The van der Waals surface area contributed by atoms with Gasteiger partial charge in [0, 0.05) is 25.6 Å². The minimum atomic E-state index is 0.337. The molecule has 0 aromatic rings. The van der Waals surface area contributed by atoms with E-state index in [1.807, 2.05) is 0 Å². The molecule has 0 heterocycles. The average Bonchev–Trinajstić information content (AvgIpc) is 2.90. The Hall–Kier alpha value is -0.410. The zero-order chi connectivity index (χ0) is 13.4. The molecule has 0 aromatic carbocycles. The molecule has 1 saturated carbocycles. The first-order chi connectivity index (χ1) is 8.72. The first kappa shape index (κ1) is 15.6. The standard InChI is InChI=1S/C15H29NO2/c1-4-14(5-2)16(10-11-18-3)12-15(17)13-8-6-7-9-13/h13-14H,4-12H2,1-3H3. The number of Topliss-reactive ketones (excluding diaryl/α,β-unsaturated/α-hetero) is 1. The van der Waals surface area contributed by atoms with E-state index in [9.17, 15) is 4.79 Å². The monoisotopic (exact) mass is 255 g/mol. The van der Waals surface area contributed by atoms with Crippen molar-refractivity contribution < 1.29 is 9.53 Å². The second-order valence-corrected chi connectivity index (χ2v) is 5.38. The Morgan fingerprint density at radius 2 is 1.89 bits per heavy atom. The zero-order valence-electron chi connectivity index (χ0n) is 12.3. The number of carbonyl (C=O) groups excluding carboxylic acids is 1. The fraction of sp³-hybridized carbons (Fsp3) is 0.933. The van der Waals surface area contributed by atoms with Crippen LogP contribution < -0.4 is 0 Å². The molecule has 0 radical (unpaired) electrons. The van der Waals surface area contributed by atoms with Crippen molar-refractivity contribution in [1.82, 2.24) is 4.90 Å². The highest BCUT2D eigenvalue weighted by Gasteiger charge is 2.26. The van der Waals surface area contributed by atoms with E-state index in [-0.39, 0.29) is 0 Å². The van der Waals surface area contributed by atoms with Crippen LogP contribution in [-0.2, 0) is 9.53 Å². The lowest BCUT2D eigenvalue weighted by Gasteiger charge is -2.30. The third-order valence-corrected chi connectivity index (χ3v) is 4.21. The zero-order valence-corrected chi connectivity index (χ0v) is 12.3. The lowest BCUT2D eigenvalue weighted by molar-refractivity contribution is -0.124. The van der Waals surface area contributed by atoms with Gasteiger partial charge in [-0.2, -0.15) is 0 Å². The molecule has 1 rings (SSSR count). The maximum Gasteiger partial charge on any atom is 0.149 e. The summed E-state index contributed by atoms with van der Waals surface area (Å²) < 4.78 is 5.17. The highest BCUT2D eigenvalue weighted by Crippen LogP contribution is 2.26. The van der Waals surface area contributed by atoms with E-state index < -0.39 is 0 Å². The van der Waals surface area contributed by atoms with E-state index in [2.05, 4.69) is 18.7 Å². The third kappa shape index (κ3) is 4.69. The smallest absolute Gasteiger partial charge is 0.149 e. The van der Waals surface area contributed by atoms with E-state index in [1.165, 1.54) is 12.8 Å². The van der Waals surface area contributed by atoms with Crippen LogP contribution in [0.3, 0.4) is 0 Å². The first-order valence-corrected chi connectivity index (χ1v) is 7.48. The lowest BCUT2D eigenvalue weighted by Crippen LogP contribution is -2.41. The summed E-state index contributed by atoms with van der Waals surface area (Å²) in [4.78, 5) is 14.6. The Balaban J connectivity index is 2.50. The molecule has 3 nitrogen and oxygen atoms in total. The predicted molar refractivity (Wildman–Crippen MR) is 74.8 cm³/mol. The second kappa shape index (κ2) is 8.65. The van der Waals surface area contributed by atoms with Gasteiger partial charge in [-0.25, -0.2) is 0 Å². The van der Waals surface area contributed by atoms with E-state index in [1.54, 1.807) is 7.11 Å². The molecule has 0 saturated heterocycles. The van der Waals surface area contributed by atoms with Gasteiger partial charge in [-0.05, 0) is 25.7 Å². The van der Waals surface area contributed by atoms with Gasteiger partial charge >= 0.3 is 0 Å². The summed E-state index contributed by atoms with van der Waals surface area (Å²) in [5.74, 6) is 0.792. The quantitative estimate of drug-likeness (QED) is 0.634. The summed E-state index contributed by atoms with van der Waals surface area (Å²) >= 11 is 0. The van der Waals surface area contributed by atoms with Gasteiger partial charge in [0.15, 0.2) is 0 Å². The van der Waals surface area contributed by atoms with Crippen LogP contribution in [0.1, 0.15) is 52.4 Å². The van der Waals surface area contributed by atoms with Crippen LogP contribution in [-0.4, -0.2) is 43.5 Å². The molecule has 1 fully saturated rings. The topological polar surface area (TPSA) is 29.5 Å². The second-order valence-electron chi connectivity index (χ2n) is 5.38. The van der Waals surface area contributed by atoms with Crippen LogP contribution in [0.25, 0.3) is 0 Å². The highest BCUT2D eigenvalue weighted by atomic mass is 16.5. The lowest BCUT2D eigenvalue weighted by atomic mass is 10.0. The Kier molecular flexibility index (Phi) is 7.52. The van der Waals surface area contributed by atoms with E-state index in [4.69, 9.17) is 4.74 Å². The largest absolute Gasteiger partial charge is 0.383 e. The summed E-state index contributed by atoms with van der Waals surface area (Å²) in [5, 5.41) is 0.